The first-order chi connectivity index (χ1) is 8.00. The van der Waals surface area contributed by atoms with Crippen molar-refractivity contribution in [3.05, 3.63) is 18.2 Å². The molecule has 0 amide bonds. The highest BCUT2D eigenvalue weighted by Gasteiger charge is 2.30. The Morgan fingerprint density at radius 3 is 2.53 bits per heavy atom. The van der Waals surface area contributed by atoms with Crippen LogP contribution in [0.3, 0.4) is 0 Å². The first-order valence-corrected chi connectivity index (χ1v) is 5.51. The molecule has 0 N–H and O–H groups in total. The van der Waals surface area contributed by atoms with Crippen LogP contribution >= 0.6 is 0 Å². The minimum absolute atomic E-state index is 0.0924. The highest BCUT2D eigenvalue weighted by atomic mass is 19.4. The molecule has 1 saturated carbocycles. The number of ether oxygens (including phenoxy) is 2. The van der Waals surface area contributed by atoms with E-state index in [-0.39, 0.29) is 11.5 Å². The van der Waals surface area contributed by atoms with Gasteiger partial charge in [-0.2, -0.15) is 0 Å². The van der Waals surface area contributed by atoms with Crippen molar-refractivity contribution in [2.45, 2.75) is 12.8 Å². The Balaban J connectivity index is 2.22. The summed E-state index contributed by atoms with van der Waals surface area (Å²) in [6, 6.07) is 3.79. The van der Waals surface area contributed by atoms with Crippen LogP contribution in [-0.2, 0) is 0 Å². The molecule has 0 spiro atoms. The molecular formula is C11H13BF3O2-. The van der Waals surface area contributed by atoms with Crippen LogP contribution in [0, 0.1) is 5.92 Å². The average molecular weight is 245 g/mol. The van der Waals surface area contributed by atoms with E-state index < -0.39 is 12.4 Å². The van der Waals surface area contributed by atoms with Gasteiger partial charge in [0.25, 0.3) is 0 Å². The Hall–Kier alpha value is -1.33. The molecular weight excluding hydrogens is 232 g/mol. The van der Waals surface area contributed by atoms with Gasteiger partial charge in [-0.25, -0.2) is 0 Å². The topological polar surface area (TPSA) is 18.5 Å². The van der Waals surface area contributed by atoms with E-state index in [2.05, 4.69) is 0 Å². The number of halogens is 3. The van der Waals surface area contributed by atoms with E-state index >= 15 is 0 Å². The van der Waals surface area contributed by atoms with E-state index in [1.54, 1.807) is 0 Å². The van der Waals surface area contributed by atoms with Gasteiger partial charge in [0.2, 0.25) is 0 Å². The molecule has 0 unspecified atom stereocenters. The molecule has 1 aliphatic carbocycles. The largest absolute Gasteiger partial charge is 0.513 e. The fourth-order valence-electron chi connectivity index (χ4n) is 1.53. The summed E-state index contributed by atoms with van der Waals surface area (Å²) in [5, 5.41) is 0. The predicted molar refractivity (Wildman–Crippen MR) is 59.9 cm³/mol. The lowest BCUT2D eigenvalue weighted by molar-refractivity contribution is 0.300. The molecule has 6 heteroatoms. The Labute approximate surface area is 97.8 Å². The highest BCUT2D eigenvalue weighted by molar-refractivity contribution is 6.74. The zero-order valence-corrected chi connectivity index (χ0v) is 9.46. The maximum Gasteiger partial charge on any atom is 0.513 e. The SMILES string of the molecule is COc1ccc(OCC2CC2)c([B-](F)(F)F)c1. The second-order valence-corrected chi connectivity index (χ2v) is 4.23. The van der Waals surface area contributed by atoms with Crippen LogP contribution in [0.25, 0.3) is 0 Å². The van der Waals surface area contributed by atoms with Crippen LogP contribution in [0.5, 0.6) is 11.5 Å². The number of benzene rings is 1. The molecule has 0 aliphatic heterocycles. The molecule has 0 aromatic heterocycles. The summed E-state index contributed by atoms with van der Waals surface area (Å²) in [5.74, 6) is 0.522. The molecule has 94 valence electrons. The maximum atomic E-state index is 12.8. The summed E-state index contributed by atoms with van der Waals surface area (Å²) in [6.45, 7) is -4.71. The lowest BCUT2D eigenvalue weighted by Gasteiger charge is -2.20. The third-order valence-corrected chi connectivity index (χ3v) is 2.74. The van der Waals surface area contributed by atoms with Gasteiger partial charge < -0.3 is 22.4 Å². The van der Waals surface area contributed by atoms with Gasteiger partial charge in [-0.05, 0) is 37.0 Å². The lowest BCUT2D eigenvalue weighted by atomic mass is 9.79. The number of hydrogen-bond acceptors (Lipinski definition) is 2. The molecule has 1 aliphatic rings. The Morgan fingerprint density at radius 1 is 1.29 bits per heavy atom. The van der Waals surface area contributed by atoms with Crippen molar-refractivity contribution >= 4 is 12.4 Å². The standard InChI is InChI=1S/C11H13BF3O2/c1-16-9-4-5-11(17-7-8-2-3-8)10(6-9)12(13,14)15/h4-6,8H,2-3,7H2,1H3/q-1. The van der Waals surface area contributed by atoms with Crippen LogP contribution < -0.4 is 14.9 Å². The summed E-state index contributed by atoms with van der Waals surface area (Å²) < 4.78 is 48.5. The van der Waals surface area contributed by atoms with Crippen molar-refractivity contribution in [1.29, 1.82) is 0 Å². The van der Waals surface area contributed by atoms with Crippen LogP contribution in [0.4, 0.5) is 12.9 Å². The highest BCUT2D eigenvalue weighted by Crippen LogP contribution is 2.30. The fraction of sp³-hybridized carbons (Fsp3) is 0.455. The number of methoxy groups -OCH3 is 1. The van der Waals surface area contributed by atoms with E-state index in [1.165, 1.54) is 19.2 Å². The maximum absolute atomic E-state index is 12.8. The Bertz CT molecular complexity index is 402. The lowest BCUT2D eigenvalue weighted by Crippen LogP contribution is -2.35. The van der Waals surface area contributed by atoms with Gasteiger partial charge in [0.1, 0.15) is 5.75 Å². The van der Waals surface area contributed by atoms with Crippen LogP contribution in [0.15, 0.2) is 18.2 Å². The second kappa shape index (κ2) is 4.51. The van der Waals surface area contributed by atoms with E-state index in [1.807, 2.05) is 0 Å². The zero-order valence-electron chi connectivity index (χ0n) is 9.46. The number of hydrogen-bond donors (Lipinski definition) is 0. The third kappa shape index (κ3) is 3.08. The van der Waals surface area contributed by atoms with Gasteiger partial charge >= 0.3 is 6.98 Å². The molecule has 0 heterocycles. The predicted octanol–water partition coefficient (Wildman–Crippen LogP) is 2.54. The Kier molecular flexibility index (Phi) is 3.22. The van der Waals surface area contributed by atoms with Gasteiger partial charge in [-0.1, -0.05) is 5.46 Å². The van der Waals surface area contributed by atoms with Crippen molar-refractivity contribution in [3.8, 4) is 11.5 Å². The molecule has 0 saturated heterocycles. The van der Waals surface area contributed by atoms with Gasteiger partial charge in [-0.15, -0.1) is 0 Å². The summed E-state index contributed by atoms with van der Waals surface area (Å²) in [5.41, 5.74) is -0.718. The first-order valence-electron chi connectivity index (χ1n) is 5.51. The molecule has 0 atom stereocenters. The summed E-state index contributed by atoms with van der Waals surface area (Å²) >= 11 is 0. The van der Waals surface area contributed by atoms with Crippen molar-refractivity contribution in [2.75, 3.05) is 13.7 Å². The van der Waals surface area contributed by atoms with Crippen LogP contribution in [0.2, 0.25) is 0 Å². The fourth-order valence-corrected chi connectivity index (χ4v) is 1.53. The summed E-state index contributed by atoms with van der Waals surface area (Å²) in [7, 11) is 1.34. The molecule has 0 radical (unpaired) electrons. The minimum Gasteiger partial charge on any atom is -0.497 e. The monoisotopic (exact) mass is 245 g/mol. The van der Waals surface area contributed by atoms with E-state index in [4.69, 9.17) is 9.47 Å². The molecule has 1 aromatic rings. The van der Waals surface area contributed by atoms with E-state index in [0.29, 0.717) is 12.5 Å². The summed E-state index contributed by atoms with van der Waals surface area (Å²) in [6.07, 6.45) is 2.09. The first kappa shape index (κ1) is 12.1. The molecule has 2 rings (SSSR count). The van der Waals surface area contributed by atoms with Crippen molar-refractivity contribution in [3.63, 3.8) is 0 Å². The zero-order chi connectivity index (χ0) is 12.5. The molecule has 1 fully saturated rings. The smallest absolute Gasteiger partial charge is 0.497 e. The quantitative estimate of drug-likeness (QED) is 0.742. The van der Waals surface area contributed by atoms with Gasteiger partial charge in [0.05, 0.1) is 19.5 Å². The van der Waals surface area contributed by atoms with E-state index in [0.717, 1.165) is 18.9 Å². The second-order valence-electron chi connectivity index (χ2n) is 4.23. The third-order valence-electron chi connectivity index (χ3n) is 2.74. The molecule has 17 heavy (non-hydrogen) atoms. The van der Waals surface area contributed by atoms with Crippen LogP contribution in [0.1, 0.15) is 12.8 Å². The van der Waals surface area contributed by atoms with Gasteiger partial charge in [0.15, 0.2) is 0 Å². The van der Waals surface area contributed by atoms with Crippen molar-refractivity contribution in [2.24, 2.45) is 5.92 Å². The minimum atomic E-state index is -5.08. The summed E-state index contributed by atoms with van der Waals surface area (Å²) in [4.78, 5) is 0. The number of rotatable bonds is 5. The van der Waals surface area contributed by atoms with Crippen molar-refractivity contribution in [1.82, 2.24) is 0 Å². The van der Waals surface area contributed by atoms with Gasteiger partial charge in [-0.3, -0.25) is 0 Å². The molecule has 1 aromatic carbocycles. The molecule has 2 nitrogen and oxygen atoms in total. The Morgan fingerprint density at radius 2 is 2.00 bits per heavy atom. The average Bonchev–Trinajstić information content (AvgIpc) is 3.08. The normalized spacial score (nSPS) is 15.8. The van der Waals surface area contributed by atoms with Gasteiger partial charge in [0, 0.05) is 0 Å². The van der Waals surface area contributed by atoms with Crippen molar-refractivity contribution < 1.29 is 22.4 Å². The molecule has 0 bridgehead atoms. The van der Waals surface area contributed by atoms with E-state index in [9.17, 15) is 12.9 Å². The van der Waals surface area contributed by atoms with Crippen LogP contribution in [-0.4, -0.2) is 20.7 Å².